The lowest BCUT2D eigenvalue weighted by atomic mass is 9.84. The molecule has 1 atom stereocenters. The van der Waals surface area contributed by atoms with Gasteiger partial charge >= 0.3 is 0 Å². The number of hydrogen-bond acceptors (Lipinski definition) is 3. The zero-order valence-electron chi connectivity index (χ0n) is 17.5. The van der Waals surface area contributed by atoms with E-state index in [1.807, 2.05) is 10.7 Å². The van der Waals surface area contributed by atoms with Crippen molar-refractivity contribution in [1.82, 2.24) is 25.4 Å². The second kappa shape index (κ2) is 8.29. The van der Waals surface area contributed by atoms with Gasteiger partial charge in [0, 0.05) is 37.4 Å². The molecule has 0 saturated heterocycles. The number of aromatic nitrogens is 3. The maximum absolute atomic E-state index is 13.6. The number of nitrogens with one attached hydrogen (secondary N) is 2. The predicted octanol–water partition coefficient (Wildman–Crippen LogP) is 3.00. The third-order valence-electron chi connectivity index (χ3n) is 5.26. The van der Waals surface area contributed by atoms with Gasteiger partial charge in [-0.05, 0) is 24.1 Å². The quantitative estimate of drug-likeness (QED) is 0.612. The van der Waals surface area contributed by atoms with Crippen molar-refractivity contribution < 1.29 is 4.39 Å². The summed E-state index contributed by atoms with van der Waals surface area (Å²) in [6.45, 7) is 9.85. The summed E-state index contributed by atoms with van der Waals surface area (Å²) in [4.78, 5) is 9.00. The number of fused-ring (bicyclic) bond motifs is 1. The van der Waals surface area contributed by atoms with Crippen molar-refractivity contribution in [1.29, 1.82) is 0 Å². The number of aryl methyl sites for hydroxylation is 1. The minimum absolute atomic E-state index is 0.209. The average molecular weight is 387 g/mol. The van der Waals surface area contributed by atoms with E-state index in [1.165, 1.54) is 6.07 Å². The molecule has 0 bridgehead atoms. The number of nitrogens with zero attached hydrogens (tertiary/aromatic N) is 4. The van der Waals surface area contributed by atoms with Crippen LogP contribution in [0.3, 0.4) is 0 Å². The fraction of sp³-hybridized carbons (Fsp3) is 0.571. The van der Waals surface area contributed by atoms with Crippen LogP contribution in [-0.2, 0) is 18.4 Å². The van der Waals surface area contributed by atoms with Gasteiger partial charge in [0.2, 0.25) is 0 Å². The van der Waals surface area contributed by atoms with Gasteiger partial charge in [0.25, 0.3) is 0 Å². The van der Waals surface area contributed by atoms with E-state index >= 15 is 0 Å². The molecule has 0 aliphatic carbocycles. The van der Waals surface area contributed by atoms with Gasteiger partial charge in [-0.25, -0.2) is 14.1 Å². The summed E-state index contributed by atoms with van der Waals surface area (Å²) in [7, 11) is 1.77. The molecule has 0 amide bonds. The van der Waals surface area contributed by atoms with Crippen molar-refractivity contribution in [3.05, 3.63) is 47.3 Å². The minimum atomic E-state index is -0.225. The number of rotatable bonds is 5. The smallest absolute Gasteiger partial charge is 0.191 e. The molecule has 1 unspecified atom stereocenters. The summed E-state index contributed by atoms with van der Waals surface area (Å²) in [6, 6.07) is 7.03. The molecular weight excluding hydrogens is 355 g/mol. The standard InChI is InChI=1S/C21H31FN6/c1-14(2)19-26-18-10-9-17(12-28(18)27-19)25-20(23-5)24-13-21(3,4)15-7-6-8-16(22)11-15/h6-8,11,14,17H,9-10,12-13H2,1-5H3,(H2,23,24,25). The highest BCUT2D eigenvalue weighted by atomic mass is 19.1. The zero-order valence-corrected chi connectivity index (χ0v) is 17.5. The van der Waals surface area contributed by atoms with Crippen molar-refractivity contribution in [2.24, 2.45) is 4.99 Å². The number of benzene rings is 1. The van der Waals surface area contributed by atoms with Gasteiger partial charge in [-0.15, -0.1) is 0 Å². The first-order chi connectivity index (χ1) is 13.3. The van der Waals surface area contributed by atoms with Crippen LogP contribution in [0.4, 0.5) is 4.39 Å². The number of aliphatic imine (C=N–C) groups is 1. The Balaban J connectivity index is 1.59. The molecule has 0 radical (unpaired) electrons. The molecule has 1 aliphatic heterocycles. The molecule has 152 valence electrons. The maximum atomic E-state index is 13.6. The number of hydrogen-bond donors (Lipinski definition) is 2. The SMILES string of the molecule is CN=C(NCC(C)(C)c1cccc(F)c1)NC1CCc2nc(C(C)C)nn2C1. The monoisotopic (exact) mass is 386 g/mol. The molecule has 2 heterocycles. The van der Waals surface area contributed by atoms with Crippen molar-refractivity contribution in [2.75, 3.05) is 13.6 Å². The zero-order chi connectivity index (χ0) is 20.3. The van der Waals surface area contributed by atoms with E-state index in [1.54, 1.807) is 19.2 Å². The van der Waals surface area contributed by atoms with Crippen molar-refractivity contribution in [3.8, 4) is 0 Å². The van der Waals surface area contributed by atoms with Gasteiger partial charge in [0.1, 0.15) is 11.6 Å². The van der Waals surface area contributed by atoms with E-state index < -0.39 is 0 Å². The van der Waals surface area contributed by atoms with Crippen LogP contribution in [0.25, 0.3) is 0 Å². The van der Waals surface area contributed by atoms with Crippen molar-refractivity contribution in [2.45, 2.75) is 64.5 Å². The van der Waals surface area contributed by atoms with Gasteiger partial charge in [-0.2, -0.15) is 5.10 Å². The van der Waals surface area contributed by atoms with E-state index in [2.05, 4.69) is 53.4 Å². The highest BCUT2D eigenvalue weighted by Crippen LogP contribution is 2.23. The fourth-order valence-electron chi connectivity index (χ4n) is 3.39. The van der Waals surface area contributed by atoms with Crippen LogP contribution in [0.5, 0.6) is 0 Å². The molecule has 7 heteroatoms. The Hall–Kier alpha value is -2.44. The Bertz CT molecular complexity index is 839. The van der Waals surface area contributed by atoms with Gasteiger partial charge in [-0.3, -0.25) is 4.99 Å². The van der Waals surface area contributed by atoms with Gasteiger partial charge in [0.05, 0.1) is 6.54 Å². The molecule has 1 aromatic heterocycles. The lowest BCUT2D eigenvalue weighted by molar-refractivity contribution is 0.389. The molecular formula is C21H31FN6. The number of halogens is 1. The Morgan fingerprint density at radius 2 is 2.18 bits per heavy atom. The van der Waals surface area contributed by atoms with Gasteiger partial charge in [0.15, 0.2) is 11.8 Å². The molecule has 0 saturated carbocycles. The van der Waals surface area contributed by atoms with Crippen LogP contribution in [-0.4, -0.2) is 40.4 Å². The Morgan fingerprint density at radius 1 is 1.39 bits per heavy atom. The van der Waals surface area contributed by atoms with Crippen molar-refractivity contribution >= 4 is 5.96 Å². The lowest BCUT2D eigenvalue weighted by Crippen LogP contribution is -2.49. The Morgan fingerprint density at radius 3 is 2.86 bits per heavy atom. The van der Waals surface area contributed by atoms with E-state index in [0.717, 1.165) is 42.6 Å². The molecule has 1 aromatic carbocycles. The average Bonchev–Trinajstić information content (AvgIpc) is 3.09. The summed E-state index contributed by atoms with van der Waals surface area (Å²) in [5.74, 6) is 2.86. The summed E-state index contributed by atoms with van der Waals surface area (Å²) < 4.78 is 15.6. The van der Waals surface area contributed by atoms with Crippen LogP contribution >= 0.6 is 0 Å². The van der Waals surface area contributed by atoms with E-state index in [-0.39, 0.29) is 17.3 Å². The van der Waals surface area contributed by atoms with E-state index in [9.17, 15) is 4.39 Å². The molecule has 3 rings (SSSR count). The molecule has 0 fully saturated rings. The van der Waals surface area contributed by atoms with E-state index in [0.29, 0.717) is 12.5 Å². The normalized spacial score (nSPS) is 17.5. The fourth-order valence-corrected chi connectivity index (χ4v) is 3.39. The Kier molecular flexibility index (Phi) is 6.01. The number of guanidine groups is 1. The highest BCUT2D eigenvalue weighted by molar-refractivity contribution is 5.80. The summed E-state index contributed by atoms with van der Waals surface area (Å²) in [5.41, 5.74) is 0.735. The molecule has 0 spiro atoms. The second-order valence-corrected chi connectivity index (χ2v) is 8.42. The summed E-state index contributed by atoms with van der Waals surface area (Å²) in [6.07, 6.45) is 1.90. The van der Waals surface area contributed by atoms with Gasteiger partial charge in [-0.1, -0.05) is 39.8 Å². The van der Waals surface area contributed by atoms with Crippen LogP contribution in [0.1, 0.15) is 57.2 Å². The van der Waals surface area contributed by atoms with Crippen LogP contribution < -0.4 is 10.6 Å². The third kappa shape index (κ3) is 4.69. The maximum Gasteiger partial charge on any atom is 0.191 e. The van der Waals surface area contributed by atoms with Crippen LogP contribution in [0, 0.1) is 5.82 Å². The first-order valence-electron chi connectivity index (χ1n) is 9.95. The third-order valence-corrected chi connectivity index (χ3v) is 5.26. The first-order valence-corrected chi connectivity index (χ1v) is 9.95. The molecule has 2 aromatic rings. The molecule has 28 heavy (non-hydrogen) atoms. The first kappa shape index (κ1) is 20.3. The predicted molar refractivity (Wildman–Crippen MR) is 110 cm³/mol. The van der Waals surface area contributed by atoms with E-state index in [4.69, 9.17) is 0 Å². The topological polar surface area (TPSA) is 67.1 Å². The second-order valence-electron chi connectivity index (χ2n) is 8.42. The molecule has 1 aliphatic rings. The largest absolute Gasteiger partial charge is 0.356 e. The van der Waals surface area contributed by atoms with Crippen LogP contribution in [0.15, 0.2) is 29.3 Å². The van der Waals surface area contributed by atoms with Gasteiger partial charge < -0.3 is 10.6 Å². The Labute approximate surface area is 166 Å². The summed E-state index contributed by atoms with van der Waals surface area (Å²) in [5, 5.41) is 11.5. The lowest BCUT2D eigenvalue weighted by Gasteiger charge is -2.29. The molecule has 6 nitrogen and oxygen atoms in total. The summed E-state index contributed by atoms with van der Waals surface area (Å²) >= 11 is 0. The molecule has 2 N–H and O–H groups in total. The van der Waals surface area contributed by atoms with Crippen molar-refractivity contribution in [3.63, 3.8) is 0 Å². The van der Waals surface area contributed by atoms with Crippen LogP contribution in [0.2, 0.25) is 0 Å². The minimum Gasteiger partial charge on any atom is -0.356 e. The highest BCUT2D eigenvalue weighted by Gasteiger charge is 2.25.